The van der Waals surface area contributed by atoms with Crippen LogP contribution < -0.4 is 5.73 Å². The van der Waals surface area contributed by atoms with E-state index in [4.69, 9.17) is 5.73 Å². The van der Waals surface area contributed by atoms with Crippen LogP contribution in [0.4, 0.5) is 0 Å². The number of nitriles is 1. The molecule has 2 N–H and O–H groups in total. The first-order chi connectivity index (χ1) is 8.03. The minimum atomic E-state index is -0.931. The van der Waals surface area contributed by atoms with Gasteiger partial charge in [-0.25, -0.2) is 0 Å². The maximum atomic E-state index is 9.34. The van der Waals surface area contributed by atoms with Gasteiger partial charge in [-0.05, 0) is 26.0 Å². The van der Waals surface area contributed by atoms with Gasteiger partial charge < -0.3 is 10.6 Å². The average molecular weight is 231 g/mol. The Morgan fingerprint density at radius 1 is 1.41 bits per heavy atom. The van der Waals surface area contributed by atoms with Gasteiger partial charge in [0, 0.05) is 12.6 Å². The largest absolute Gasteiger partial charge is 0.309 e. The van der Waals surface area contributed by atoms with Crippen LogP contribution in [0.15, 0.2) is 30.3 Å². The molecular weight excluding hydrogens is 210 g/mol. The van der Waals surface area contributed by atoms with E-state index in [9.17, 15) is 5.26 Å². The zero-order valence-electron chi connectivity index (χ0n) is 10.9. The molecule has 0 fully saturated rings. The molecule has 1 rings (SSSR count). The monoisotopic (exact) mass is 231 g/mol. The fourth-order valence-corrected chi connectivity index (χ4v) is 1.79. The van der Waals surface area contributed by atoms with Crippen molar-refractivity contribution >= 4 is 0 Å². The molecule has 0 saturated heterocycles. The van der Waals surface area contributed by atoms with E-state index in [0.717, 1.165) is 12.0 Å². The number of hydrogen-bond donors (Lipinski definition) is 1. The van der Waals surface area contributed by atoms with Crippen LogP contribution in [0.5, 0.6) is 0 Å². The average Bonchev–Trinajstić information content (AvgIpc) is 2.38. The van der Waals surface area contributed by atoms with Crippen LogP contribution in [0.25, 0.3) is 0 Å². The van der Waals surface area contributed by atoms with Crippen LogP contribution in [-0.4, -0.2) is 24.5 Å². The van der Waals surface area contributed by atoms with Gasteiger partial charge in [0.05, 0.1) is 6.07 Å². The van der Waals surface area contributed by atoms with Gasteiger partial charge in [-0.3, -0.25) is 0 Å². The van der Waals surface area contributed by atoms with Gasteiger partial charge in [0.15, 0.2) is 0 Å². The van der Waals surface area contributed by atoms with Crippen LogP contribution >= 0.6 is 0 Å². The lowest BCUT2D eigenvalue weighted by atomic mass is 9.91. The first-order valence-corrected chi connectivity index (χ1v) is 5.99. The van der Waals surface area contributed by atoms with Crippen LogP contribution in [0.1, 0.15) is 25.8 Å². The Kier molecular flexibility index (Phi) is 4.68. The minimum absolute atomic E-state index is 0.426. The van der Waals surface area contributed by atoms with E-state index in [2.05, 4.69) is 24.8 Å². The van der Waals surface area contributed by atoms with Crippen molar-refractivity contribution in [1.29, 1.82) is 5.26 Å². The van der Waals surface area contributed by atoms with Gasteiger partial charge in [-0.1, -0.05) is 37.3 Å². The summed E-state index contributed by atoms with van der Waals surface area (Å²) in [6.07, 6.45) is 1.05. The van der Waals surface area contributed by atoms with E-state index in [1.807, 2.05) is 37.4 Å². The summed E-state index contributed by atoms with van der Waals surface area (Å²) in [4.78, 5) is 2.14. The predicted octanol–water partition coefficient (Wildman–Crippen LogP) is 2.09. The van der Waals surface area contributed by atoms with Gasteiger partial charge >= 0.3 is 0 Å². The summed E-state index contributed by atoms with van der Waals surface area (Å²) in [6, 6.07) is 12.2. The highest BCUT2D eigenvalue weighted by Crippen LogP contribution is 2.19. The number of nitrogens with two attached hydrogens (primary N) is 1. The van der Waals surface area contributed by atoms with Gasteiger partial charge in [-0.15, -0.1) is 0 Å². The van der Waals surface area contributed by atoms with Crippen molar-refractivity contribution < 1.29 is 0 Å². The van der Waals surface area contributed by atoms with Gasteiger partial charge in [0.2, 0.25) is 0 Å². The maximum Gasteiger partial charge on any atom is 0.142 e. The van der Waals surface area contributed by atoms with Crippen LogP contribution in [0.3, 0.4) is 0 Å². The van der Waals surface area contributed by atoms with E-state index in [-0.39, 0.29) is 0 Å². The van der Waals surface area contributed by atoms with E-state index in [0.29, 0.717) is 12.6 Å². The first kappa shape index (κ1) is 13.7. The smallest absolute Gasteiger partial charge is 0.142 e. The zero-order chi connectivity index (χ0) is 12.9. The highest BCUT2D eigenvalue weighted by molar-refractivity contribution is 5.31. The van der Waals surface area contributed by atoms with Gasteiger partial charge in [-0.2, -0.15) is 5.26 Å². The SMILES string of the molecule is CCC(C)N(C)CC(N)(C#N)c1ccccc1. The Hall–Kier alpha value is -1.37. The Labute approximate surface area is 104 Å². The van der Waals surface area contributed by atoms with Gasteiger partial charge in [0.25, 0.3) is 0 Å². The molecule has 0 radical (unpaired) electrons. The number of nitrogens with zero attached hydrogens (tertiary/aromatic N) is 2. The number of rotatable bonds is 5. The zero-order valence-corrected chi connectivity index (χ0v) is 10.9. The quantitative estimate of drug-likeness (QED) is 0.844. The fourth-order valence-electron chi connectivity index (χ4n) is 1.79. The Morgan fingerprint density at radius 3 is 2.47 bits per heavy atom. The standard InChI is InChI=1S/C14H21N3/c1-4-12(2)17(3)11-14(16,10-15)13-8-6-5-7-9-13/h5-9,12H,4,11,16H2,1-3H3. The molecule has 92 valence electrons. The molecule has 0 amide bonds. The topological polar surface area (TPSA) is 53.0 Å². The summed E-state index contributed by atoms with van der Waals surface area (Å²) in [5, 5.41) is 9.34. The van der Waals surface area contributed by atoms with Crippen molar-refractivity contribution in [3.63, 3.8) is 0 Å². The highest BCUT2D eigenvalue weighted by Gasteiger charge is 2.29. The molecule has 1 aromatic rings. The third-order valence-corrected chi connectivity index (χ3v) is 3.33. The second-order valence-corrected chi connectivity index (χ2v) is 4.62. The molecule has 2 unspecified atom stereocenters. The Bertz CT molecular complexity index is 382. The van der Waals surface area contributed by atoms with Crippen molar-refractivity contribution in [1.82, 2.24) is 4.90 Å². The van der Waals surface area contributed by atoms with E-state index in [1.54, 1.807) is 0 Å². The van der Waals surface area contributed by atoms with Crippen molar-refractivity contribution in [2.24, 2.45) is 5.73 Å². The number of likely N-dealkylation sites (N-methyl/N-ethyl adjacent to an activating group) is 1. The van der Waals surface area contributed by atoms with Crippen molar-refractivity contribution in [3.05, 3.63) is 35.9 Å². The molecule has 0 spiro atoms. The maximum absolute atomic E-state index is 9.34. The van der Waals surface area contributed by atoms with Crippen LogP contribution in [0.2, 0.25) is 0 Å². The summed E-state index contributed by atoms with van der Waals surface area (Å²) in [6.45, 7) is 4.82. The molecule has 0 aliphatic carbocycles. The summed E-state index contributed by atoms with van der Waals surface area (Å²) in [5.41, 5.74) is 6.15. The highest BCUT2D eigenvalue weighted by atomic mass is 15.1. The molecule has 2 atom stereocenters. The molecule has 0 aliphatic rings. The molecule has 0 saturated carbocycles. The number of benzene rings is 1. The van der Waals surface area contributed by atoms with Crippen LogP contribution in [0, 0.1) is 11.3 Å². The molecular formula is C14H21N3. The lowest BCUT2D eigenvalue weighted by Gasteiger charge is -2.31. The van der Waals surface area contributed by atoms with Gasteiger partial charge in [0.1, 0.15) is 5.54 Å². The van der Waals surface area contributed by atoms with Crippen molar-refractivity contribution in [2.45, 2.75) is 31.8 Å². The third-order valence-electron chi connectivity index (χ3n) is 3.33. The number of hydrogen-bond acceptors (Lipinski definition) is 3. The summed E-state index contributed by atoms with van der Waals surface area (Å²) in [5.74, 6) is 0. The predicted molar refractivity (Wildman–Crippen MR) is 70.3 cm³/mol. The normalized spacial score (nSPS) is 16.2. The second-order valence-electron chi connectivity index (χ2n) is 4.62. The van der Waals surface area contributed by atoms with Crippen molar-refractivity contribution in [3.8, 4) is 6.07 Å². The lowest BCUT2D eigenvalue weighted by molar-refractivity contribution is 0.216. The van der Waals surface area contributed by atoms with E-state index < -0.39 is 5.54 Å². The first-order valence-electron chi connectivity index (χ1n) is 5.99. The Morgan fingerprint density at radius 2 is 2.00 bits per heavy atom. The lowest BCUT2D eigenvalue weighted by Crippen LogP contribution is -2.47. The third kappa shape index (κ3) is 3.29. The molecule has 17 heavy (non-hydrogen) atoms. The fraction of sp³-hybridized carbons (Fsp3) is 0.500. The minimum Gasteiger partial charge on any atom is -0.309 e. The van der Waals surface area contributed by atoms with Crippen molar-refractivity contribution in [2.75, 3.05) is 13.6 Å². The molecule has 0 aromatic heterocycles. The molecule has 3 heteroatoms. The molecule has 1 aromatic carbocycles. The van der Waals surface area contributed by atoms with E-state index >= 15 is 0 Å². The second kappa shape index (κ2) is 5.81. The van der Waals surface area contributed by atoms with E-state index in [1.165, 1.54) is 0 Å². The Balaban J connectivity index is 2.88. The molecule has 0 heterocycles. The molecule has 0 aliphatic heterocycles. The summed E-state index contributed by atoms with van der Waals surface area (Å²) in [7, 11) is 2.01. The summed E-state index contributed by atoms with van der Waals surface area (Å²) < 4.78 is 0. The van der Waals surface area contributed by atoms with Crippen LogP contribution in [-0.2, 0) is 5.54 Å². The summed E-state index contributed by atoms with van der Waals surface area (Å²) >= 11 is 0. The molecule has 0 bridgehead atoms. The molecule has 3 nitrogen and oxygen atoms in total.